The van der Waals surface area contributed by atoms with Gasteiger partial charge in [0.1, 0.15) is 0 Å². The van der Waals surface area contributed by atoms with Crippen molar-refractivity contribution in [2.45, 2.75) is 58.3 Å². The van der Waals surface area contributed by atoms with E-state index in [4.69, 9.17) is 0 Å². The zero-order chi connectivity index (χ0) is 13.5. The number of hydrogen-bond acceptors (Lipinski definition) is 0. The van der Waals surface area contributed by atoms with E-state index < -0.39 is 0 Å². The lowest BCUT2D eigenvalue weighted by molar-refractivity contribution is 0.659. The first-order chi connectivity index (χ1) is 8.56. The fourth-order valence-corrected chi connectivity index (χ4v) is 2.63. The van der Waals surface area contributed by atoms with Gasteiger partial charge in [-0.15, -0.1) is 0 Å². The van der Waals surface area contributed by atoms with Crippen LogP contribution >= 0.6 is 0 Å². The van der Waals surface area contributed by atoms with Gasteiger partial charge in [0.05, 0.1) is 0 Å². The number of rotatable bonds is 8. The van der Waals surface area contributed by atoms with E-state index in [-0.39, 0.29) is 0 Å². The van der Waals surface area contributed by atoms with Crippen LogP contribution < -0.4 is 0 Å². The summed E-state index contributed by atoms with van der Waals surface area (Å²) in [6.45, 7) is 18.9. The van der Waals surface area contributed by atoms with Crippen molar-refractivity contribution in [2.24, 2.45) is 5.92 Å². The van der Waals surface area contributed by atoms with Crippen molar-refractivity contribution < 1.29 is 0 Å². The van der Waals surface area contributed by atoms with Crippen molar-refractivity contribution in [1.82, 2.24) is 0 Å². The third-order valence-corrected chi connectivity index (χ3v) is 4.07. The summed E-state index contributed by atoms with van der Waals surface area (Å²) in [5.74, 6) is 0.533. The largest absolute Gasteiger partial charge is 0.0992 e. The smallest absolute Gasteiger partial charge is 0.000493 e. The maximum atomic E-state index is 4.19. The van der Waals surface area contributed by atoms with Gasteiger partial charge >= 0.3 is 0 Å². The Morgan fingerprint density at radius 3 is 2.11 bits per heavy atom. The van der Waals surface area contributed by atoms with Gasteiger partial charge in [0, 0.05) is 5.92 Å². The molecule has 1 aliphatic rings. The number of unbranched alkanes of at least 4 members (excludes halogenated alkanes) is 2. The quantitative estimate of drug-likeness (QED) is 0.280. The minimum Gasteiger partial charge on any atom is -0.0992 e. The molecule has 0 aromatic rings. The van der Waals surface area contributed by atoms with Gasteiger partial charge in [0.15, 0.2) is 0 Å². The maximum absolute atomic E-state index is 4.19. The molecule has 0 saturated heterocycles. The van der Waals surface area contributed by atoms with E-state index in [0.717, 1.165) is 32.1 Å². The molecule has 1 fully saturated rings. The summed E-state index contributed by atoms with van der Waals surface area (Å²) < 4.78 is 0. The van der Waals surface area contributed by atoms with Gasteiger partial charge in [-0.05, 0) is 38.5 Å². The maximum Gasteiger partial charge on any atom is 0.000493 e. The van der Waals surface area contributed by atoms with Crippen LogP contribution in [0.3, 0.4) is 0 Å². The summed E-state index contributed by atoms with van der Waals surface area (Å²) in [7, 11) is 0. The Kier molecular flexibility index (Phi) is 6.18. The molecule has 1 aliphatic carbocycles. The van der Waals surface area contributed by atoms with Gasteiger partial charge in [-0.3, -0.25) is 0 Å². The van der Waals surface area contributed by atoms with Crippen molar-refractivity contribution in [3.05, 3.63) is 48.6 Å². The van der Waals surface area contributed by atoms with Crippen molar-refractivity contribution in [2.75, 3.05) is 0 Å². The van der Waals surface area contributed by atoms with E-state index >= 15 is 0 Å². The minimum atomic E-state index is 0.533. The molecule has 0 spiro atoms. The average Bonchev–Trinajstić information content (AvgIpc) is 2.66. The van der Waals surface area contributed by atoms with Crippen LogP contribution in [0.1, 0.15) is 58.3 Å². The zero-order valence-corrected chi connectivity index (χ0v) is 12.1. The predicted molar refractivity (Wildman–Crippen MR) is 82.7 cm³/mol. The van der Waals surface area contributed by atoms with Crippen LogP contribution in [0, 0.1) is 5.92 Å². The summed E-state index contributed by atoms with van der Waals surface area (Å²) >= 11 is 0. The van der Waals surface area contributed by atoms with Crippen LogP contribution in [-0.4, -0.2) is 0 Å². The molecule has 100 valence electrons. The molecule has 0 amide bonds. The normalized spacial score (nSPS) is 16.3. The summed E-state index contributed by atoms with van der Waals surface area (Å²) in [5.41, 5.74) is 5.21. The Morgan fingerprint density at radius 2 is 1.56 bits per heavy atom. The Balaban J connectivity index is 2.30. The second-order valence-corrected chi connectivity index (χ2v) is 5.57. The Hall–Kier alpha value is -1.04. The molecular formula is C18H28. The van der Waals surface area contributed by atoms with Crippen molar-refractivity contribution in [3.8, 4) is 0 Å². The molecule has 0 heteroatoms. The Bertz CT molecular complexity index is 327. The lowest BCUT2D eigenvalue weighted by Crippen LogP contribution is -2.00. The average molecular weight is 244 g/mol. The van der Waals surface area contributed by atoms with Crippen molar-refractivity contribution in [3.63, 3.8) is 0 Å². The molecule has 0 heterocycles. The highest BCUT2D eigenvalue weighted by Gasteiger charge is 2.22. The SMILES string of the molecule is C=C(CCCCC)C(=C)CCC1C(=C)CCC1=C. The molecule has 0 unspecified atom stereocenters. The summed E-state index contributed by atoms with van der Waals surface area (Å²) in [6, 6.07) is 0. The van der Waals surface area contributed by atoms with Crippen LogP contribution in [-0.2, 0) is 0 Å². The van der Waals surface area contributed by atoms with Crippen molar-refractivity contribution >= 4 is 0 Å². The van der Waals surface area contributed by atoms with Crippen molar-refractivity contribution in [1.29, 1.82) is 0 Å². The van der Waals surface area contributed by atoms with Gasteiger partial charge in [-0.2, -0.15) is 0 Å². The first kappa shape index (κ1) is 15.0. The molecular weight excluding hydrogens is 216 g/mol. The molecule has 0 aromatic heterocycles. The molecule has 0 radical (unpaired) electrons. The molecule has 0 atom stereocenters. The molecule has 0 nitrogen and oxygen atoms in total. The molecule has 0 bridgehead atoms. The van der Waals surface area contributed by atoms with E-state index in [1.54, 1.807) is 0 Å². The van der Waals surface area contributed by atoms with Crippen LogP contribution in [0.5, 0.6) is 0 Å². The van der Waals surface area contributed by atoms with Gasteiger partial charge in [0.2, 0.25) is 0 Å². The summed E-state index contributed by atoms with van der Waals surface area (Å²) in [5, 5.41) is 0. The van der Waals surface area contributed by atoms with Gasteiger partial charge in [-0.25, -0.2) is 0 Å². The highest BCUT2D eigenvalue weighted by atomic mass is 14.3. The molecule has 0 N–H and O–H groups in total. The topological polar surface area (TPSA) is 0 Å². The van der Waals surface area contributed by atoms with Crippen LogP contribution in [0.2, 0.25) is 0 Å². The van der Waals surface area contributed by atoms with E-state index in [1.807, 2.05) is 0 Å². The van der Waals surface area contributed by atoms with E-state index in [1.165, 1.54) is 41.6 Å². The molecule has 1 rings (SSSR count). The third kappa shape index (κ3) is 4.33. The Labute approximate surface area is 113 Å². The first-order valence-electron chi connectivity index (χ1n) is 7.27. The second kappa shape index (κ2) is 7.41. The zero-order valence-electron chi connectivity index (χ0n) is 12.1. The van der Waals surface area contributed by atoms with Gasteiger partial charge in [-0.1, -0.05) is 68.4 Å². The third-order valence-electron chi connectivity index (χ3n) is 4.07. The predicted octanol–water partition coefficient (Wildman–Crippen LogP) is 5.98. The first-order valence-corrected chi connectivity index (χ1v) is 7.27. The molecule has 0 aromatic carbocycles. The minimum absolute atomic E-state index is 0.533. The second-order valence-electron chi connectivity index (χ2n) is 5.57. The van der Waals surface area contributed by atoms with E-state index in [0.29, 0.717) is 5.92 Å². The molecule has 0 aliphatic heterocycles. The summed E-state index contributed by atoms with van der Waals surface area (Å²) in [4.78, 5) is 0. The van der Waals surface area contributed by atoms with Crippen LogP contribution in [0.4, 0.5) is 0 Å². The fourth-order valence-electron chi connectivity index (χ4n) is 2.63. The van der Waals surface area contributed by atoms with Crippen LogP contribution in [0.15, 0.2) is 48.6 Å². The van der Waals surface area contributed by atoms with E-state index in [9.17, 15) is 0 Å². The number of hydrogen-bond donors (Lipinski definition) is 0. The van der Waals surface area contributed by atoms with Gasteiger partial charge < -0.3 is 0 Å². The summed E-state index contributed by atoms with van der Waals surface area (Å²) in [6.07, 6.45) is 9.36. The standard InChI is InChI=1S/C18H28/c1-6-7-8-9-14(2)15(3)12-13-18-16(4)10-11-17(18)5/h18H,2-13H2,1H3. The highest BCUT2D eigenvalue weighted by Crippen LogP contribution is 2.38. The molecule has 18 heavy (non-hydrogen) atoms. The fraction of sp³-hybridized carbons (Fsp3) is 0.556. The van der Waals surface area contributed by atoms with E-state index in [2.05, 4.69) is 33.2 Å². The van der Waals surface area contributed by atoms with Crippen LogP contribution in [0.25, 0.3) is 0 Å². The monoisotopic (exact) mass is 244 g/mol. The highest BCUT2D eigenvalue weighted by molar-refractivity contribution is 5.28. The number of allylic oxidation sites excluding steroid dienone is 4. The Morgan fingerprint density at radius 1 is 1.00 bits per heavy atom. The molecule has 1 saturated carbocycles. The lowest BCUT2D eigenvalue weighted by atomic mass is 9.90. The lowest BCUT2D eigenvalue weighted by Gasteiger charge is -2.15. The van der Waals surface area contributed by atoms with Gasteiger partial charge in [0.25, 0.3) is 0 Å².